The van der Waals surface area contributed by atoms with Crippen LogP contribution in [0.4, 0.5) is 11.4 Å². The maximum atomic E-state index is 9.06. The topological polar surface area (TPSA) is 61.8 Å². The molecule has 1 aromatic rings. The fourth-order valence-corrected chi connectivity index (χ4v) is 1.95. The number of benzene rings is 1. The normalized spacial score (nSPS) is 12.2. The molecule has 1 rings (SSSR count). The minimum absolute atomic E-state index is 0.375. The van der Waals surface area contributed by atoms with Crippen LogP contribution in [0, 0.1) is 17.2 Å². The van der Waals surface area contributed by atoms with Gasteiger partial charge in [0.1, 0.15) is 6.07 Å². The lowest BCUT2D eigenvalue weighted by Gasteiger charge is -2.17. The second-order valence-electron chi connectivity index (χ2n) is 5.29. The number of nitrogens with zero attached hydrogens (tertiary/aromatic N) is 1. The molecule has 1 aromatic carbocycles. The van der Waals surface area contributed by atoms with Crippen LogP contribution in [0.25, 0.3) is 0 Å². The minimum atomic E-state index is 0.375. The highest BCUT2D eigenvalue weighted by Crippen LogP contribution is 2.20. The van der Waals surface area contributed by atoms with E-state index in [0.717, 1.165) is 18.0 Å². The summed E-state index contributed by atoms with van der Waals surface area (Å²) in [5, 5.41) is 12.4. The third-order valence-electron chi connectivity index (χ3n) is 2.98. The molecule has 0 fully saturated rings. The summed E-state index contributed by atoms with van der Waals surface area (Å²) in [5.74, 6) is 0.753. The Morgan fingerprint density at radius 2 is 2.00 bits per heavy atom. The summed E-state index contributed by atoms with van der Waals surface area (Å²) in [6.07, 6.45) is 3.58. The standard InChI is InChI=1S/C15H23N3/c1-11(2)5-4-6-12(3)18-15-8-7-14(17)9-13(15)10-16/h7-9,11-12,18H,4-6,17H2,1-3H3. The lowest BCUT2D eigenvalue weighted by Crippen LogP contribution is -2.16. The van der Waals surface area contributed by atoms with Crippen LogP contribution < -0.4 is 11.1 Å². The van der Waals surface area contributed by atoms with Crippen LogP contribution in [-0.4, -0.2) is 6.04 Å². The number of anilines is 2. The molecule has 3 heteroatoms. The average Bonchev–Trinajstić information content (AvgIpc) is 2.31. The monoisotopic (exact) mass is 245 g/mol. The average molecular weight is 245 g/mol. The van der Waals surface area contributed by atoms with Gasteiger partial charge >= 0.3 is 0 Å². The highest BCUT2D eigenvalue weighted by atomic mass is 14.9. The van der Waals surface area contributed by atoms with Crippen LogP contribution in [0.1, 0.15) is 45.6 Å². The van der Waals surface area contributed by atoms with Crippen molar-refractivity contribution in [1.82, 2.24) is 0 Å². The fraction of sp³-hybridized carbons (Fsp3) is 0.533. The molecule has 0 spiro atoms. The van der Waals surface area contributed by atoms with Crippen molar-refractivity contribution in [2.75, 3.05) is 11.1 Å². The summed E-state index contributed by atoms with van der Waals surface area (Å²) in [7, 11) is 0. The van der Waals surface area contributed by atoms with Crippen LogP contribution in [-0.2, 0) is 0 Å². The van der Waals surface area contributed by atoms with E-state index in [0.29, 0.717) is 17.3 Å². The number of nitriles is 1. The Labute approximate surface area is 110 Å². The first-order valence-corrected chi connectivity index (χ1v) is 6.59. The van der Waals surface area contributed by atoms with Gasteiger partial charge in [0.15, 0.2) is 0 Å². The van der Waals surface area contributed by atoms with E-state index >= 15 is 0 Å². The Kier molecular flexibility index (Phi) is 5.51. The van der Waals surface area contributed by atoms with Crippen molar-refractivity contribution in [3.63, 3.8) is 0 Å². The third-order valence-corrected chi connectivity index (χ3v) is 2.98. The predicted octanol–water partition coefficient (Wildman–Crippen LogP) is 3.77. The van der Waals surface area contributed by atoms with Crippen LogP contribution in [0.5, 0.6) is 0 Å². The molecule has 0 radical (unpaired) electrons. The van der Waals surface area contributed by atoms with Crippen molar-refractivity contribution in [2.24, 2.45) is 5.92 Å². The zero-order valence-corrected chi connectivity index (χ0v) is 11.5. The quantitative estimate of drug-likeness (QED) is 0.750. The van der Waals surface area contributed by atoms with Gasteiger partial charge in [0.05, 0.1) is 11.3 Å². The highest BCUT2D eigenvalue weighted by Gasteiger charge is 2.07. The number of nitrogens with one attached hydrogen (secondary N) is 1. The van der Waals surface area contributed by atoms with E-state index in [2.05, 4.69) is 32.2 Å². The fourth-order valence-electron chi connectivity index (χ4n) is 1.95. The first kappa shape index (κ1) is 14.4. The summed E-state index contributed by atoms with van der Waals surface area (Å²) in [6.45, 7) is 6.63. The second-order valence-corrected chi connectivity index (χ2v) is 5.29. The zero-order valence-electron chi connectivity index (χ0n) is 11.5. The van der Waals surface area contributed by atoms with Gasteiger partial charge in [0.25, 0.3) is 0 Å². The van der Waals surface area contributed by atoms with Crippen LogP contribution in [0.2, 0.25) is 0 Å². The first-order valence-electron chi connectivity index (χ1n) is 6.59. The molecule has 1 unspecified atom stereocenters. The SMILES string of the molecule is CC(C)CCCC(C)Nc1ccc(N)cc1C#N. The summed E-state index contributed by atoms with van der Waals surface area (Å²) >= 11 is 0. The lowest BCUT2D eigenvalue weighted by atomic mass is 10.0. The smallest absolute Gasteiger partial charge is 0.101 e. The van der Waals surface area contributed by atoms with E-state index < -0.39 is 0 Å². The molecule has 3 nitrogen and oxygen atoms in total. The molecule has 0 bridgehead atoms. The molecule has 0 saturated heterocycles. The van der Waals surface area contributed by atoms with E-state index in [1.165, 1.54) is 12.8 Å². The van der Waals surface area contributed by atoms with Gasteiger partial charge in [-0.2, -0.15) is 5.26 Å². The lowest BCUT2D eigenvalue weighted by molar-refractivity contribution is 0.520. The molecule has 98 valence electrons. The van der Waals surface area contributed by atoms with Crippen LogP contribution in [0.3, 0.4) is 0 Å². The summed E-state index contributed by atoms with van der Waals surface area (Å²) in [5.41, 5.74) is 7.79. The molecule has 0 amide bonds. The number of hydrogen-bond acceptors (Lipinski definition) is 3. The van der Waals surface area contributed by atoms with Gasteiger partial charge in [-0.1, -0.05) is 26.7 Å². The predicted molar refractivity (Wildman–Crippen MR) is 77.3 cm³/mol. The maximum absolute atomic E-state index is 9.06. The Bertz CT molecular complexity index is 418. The molecule has 18 heavy (non-hydrogen) atoms. The van der Waals surface area contributed by atoms with Crippen molar-refractivity contribution >= 4 is 11.4 Å². The Morgan fingerprint density at radius 1 is 1.28 bits per heavy atom. The summed E-state index contributed by atoms with van der Waals surface area (Å²) < 4.78 is 0. The van der Waals surface area contributed by atoms with Gasteiger partial charge in [-0.15, -0.1) is 0 Å². The van der Waals surface area contributed by atoms with Crippen LogP contribution in [0.15, 0.2) is 18.2 Å². The third kappa shape index (κ3) is 4.67. The van der Waals surface area contributed by atoms with Gasteiger partial charge in [-0.3, -0.25) is 0 Å². The van der Waals surface area contributed by atoms with Crippen molar-refractivity contribution in [3.8, 4) is 6.07 Å². The zero-order chi connectivity index (χ0) is 13.5. The highest BCUT2D eigenvalue weighted by molar-refractivity contribution is 5.63. The Morgan fingerprint density at radius 3 is 2.61 bits per heavy atom. The Balaban J connectivity index is 2.54. The molecule has 0 heterocycles. The van der Waals surface area contributed by atoms with Crippen molar-refractivity contribution in [1.29, 1.82) is 5.26 Å². The largest absolute Gasteiger partial charge is 0.399 e. The van der Waals surface area contributed by atoms with E-state index in [1.807, 2.05) is 12.1 Å². The summed E-state index contributed by atoms with van der Waals surface area (Å²) in [6, 6.07) is 7.96. The molecule has 1 atom stereocenters. The molecule has 3 N–H and O–H groups in total. The van der Waals surface area contributed by atoms with Gasteiger partial charge in [0.2, 0.25) is 0 Å². The Hall–Kier alpha value is -1.69. The first-order chi connectivity index (χ1) is 8.52. The molecule has 0 aliphatic carbocycles. The van der Waals surface area contributed by atoms with Crippen molar-refractivity contribution in [3.05, 3.63) is 23.8 Å². The second kappa shape index (κ2) is 6.90. The van der Waals surface area contributed by atoms with Gasteiger partial charge in [0, 0.05) is 11.7 Å². The number of rotatable bonds is 6. The summed E-state index contributed by atoms with van der Waals surface area (Å²) in [4.78, 5) is 0. The van der Waals surface area contributed by atoms with Crippen molar-refractivity contribution in [2.45, 2.75) is 46.1 Å². The number of nitrogen functional groups attached to an aromatic ring is 1. The molecular formula is C15H23N3. The van der Waals surface area contributed by atoms with E-state index in [9.17, 15) is 0 Å². The molecule has 0 aromatic heterocycles. The molecule has 0 aliphatic rings. The van der Waals surface area contributed by atoms with Gasteiger partial charge in [-0.25, -0.2) is 0 Å². The van der Waals surface area contributed by atoms with Crippen molar-refractivity contribution < 1.29 is 0 Å². The van der Waals surface area contributed by atoms with Gasteiger partial charge < -0.3 is 11.1 Å². The molecular weight excluding hydrogens is 222 g/mol. The van der Waals surface area contributed by atoms with Gasteiger partial charge in [-0.05, 0) is 37.5 Å². The molecule has 0 aliphatic heterocycles. The van der Waals surface area contributed by atoms with Crippen LogP contribution >= 0.6 is 0 Å². The van der Waals surface area contributed by atoms with E-state index in [-0.39, 0.29) is 0 Å². The number of nitrogens with two attached hydrogens (primary N) is 1. The minimum Gasteiger partial charge on any atom is -0.399 e. The van der Waals surface area contributed by atoms with E-state index in [4.69, 9.17) is 11.0 Å². The van der Waals surface area contributed by atoms with E-state index in [1.54, 1.807) is 6.07 Å². The molecule has 0 saturated carbocycles. The number of hydrogen-bond donors (Lipinski definition) is 2. The maximum Gasteiger partial charge on any atom is 0.101 e.